The summed E-state index contributed by atoms with van der Waals surface area (Å²) in [6.07, 6.45) is 2.93. The first kappa shape index (κ1) is 10.6. The third-order valence-corrected chi connectivity index (χ3v) is 1.50. The number of carbonyl (C=O) groups excluding carboxylic acids is 1. The van der Waals surface area contributed by atoms with Crippen LogP contribution in [0.4, 0.5) is 4.79 Å². The second-order valence-electron chi connectivity index (χ2n) is 3.38. The Bertz CT molecular complexity index is 270. The summed E-state index contributed by atoms with van der Waals surface area (Å²) in [4.78, 5) is 17.9. The number of hydrogen-bond acceptors (Lipinski definition) is 3. The molecule has 14 heavy (non-hydrogen) atoms. The van der Waals surface area contributed by atoms with Crippen molar-refractivity contribution >= 4 is 6.09 Å². The molecule has 1 aromatic rings. The van der Waals surface area contributed by atoms with Crippen LogP contribution in [0.15, 0.2) is 12.4 Å². The van der Waals surface area contributed by atoms with Gasteiger partial charge in [0.1, 0.15) is 5.82 Å². The molecular formula is C9H15N3O2. The molecule has 0 aromatic carbocycles. The van der Waals surface area contributed by atoms with Crippen molar-refractivity contribution in [1.29, 1.82) is 0 Å². The van der Waals surface area contributed by atoms with E-state index in [-0.39, 0.29) is 0 Å². The molecule has 0 aliphatic heterocycles. The number of hydrogen-bond donors (Lipinski definition) is 2. The lowest BCUT2D eigenvalue weighted by molar-refractivity contribution is 0.132. The van der Waals surface area contributed by atoms with Crippen LogP contribution < -0.4 is 5.32 Å². The summed E-state index contributed by atoms with van der Waals surface area (Å²) in [6.45, 7) is 4.77. The largest absolute Gasteiger partial charge is 0.449 e. The third kappa shape index (κ3) is 3.93. The van der Waals surface area contributed by atoms with E-state index in [0.717, 1.165) is 0 Å². The number of nitrogens with one attached hydrogen (secondary N) is 2. The van der Waals surface area contributed by atoms with Crippen LogP contribution >= 0.6 is 0 Å². The lowest BCUT2D eigenvalue weighted by Gasteiger charge is -2.07. The highest BCUT2D eigenvalue weighted by atomic mass is 16.5. The van der Waals surface area contributed by atoms with Crippen molar-refractivity contribution in [3.05, 3.63) is 18.2 Å². The van der Waals surface area contributed by atoms with Crippen molar-refractivity contribution in [2.24, 2.45) is 5.92 Å². The molecule has 1 heterocycles. The van der Waals surface area contributed by atoms with Crippen molar-refractivity contribution in [1.82, 2.24) is 15.3 Å². The van der Waals surface area contributed by atoms with Gasteiger partial charge in [-0.1, -0.05) is 13.8 Å². The maximum atomic E-state index is 11.1. The molecule has 0 spiro atoms. The van der Waals surface area contributed by atoms with E-state index in [0.29, 0.717) is 24.9 Å². The topological polar surface area (TPSA) is 67.0 Å². The highest BCUT2D eigenvalue weighted by molar-refractivity contribution is 5.66. The number of carbonyl (C=O) groups is 1. The first-order valence-corrected chi connectivity index (χ1v) is 4.57. The lowest BCUT2D eigenvalue weighted by atomic mass is 10.2. The van der Waals surface area contributed by atoms with Crippen molar-refractivity contribution in [3.63, 3.8) is 0 Å². The molecule has 0 atom stereocenters. The molecular weight excluding hydrogens is 182 g/mol. The Morgan fingerprint density at radius 1 is 1.71 bits per heavy atom. The number of amides is 1. The Labute approximate surface area is 82.9 Å². The standard InChI is InChI=1S/C9H15N3O2/c1-7(2)6-14-9(13)12-5-8-10-3-4-11-8/h3-4,7H,5-6H2,1-2H3,(H,10,11)(H,12,13). The predicted molar refractivity (Wildman–Crippen MR) is 51.6 cm³/mol. The lowest BCUT2D eigenvalue weighted by Crippen LogP contribution is -2.25. The van der Waals surface area contributed by atoms with Gasteiger partial charge in [-0.2, -0.15) is 0 Å². The molecule has 1 aromatic heterocycles. The molecule has 5 nitrogen and oxygen atoms in total. The van der Waals surface area contributed by atoms with Crippen LogP contribution in [0, 0.1) is 5.92 Å². The molecule has 0 saturated heterocycles. The zero-order chi connectivity index (χ0) is 10.4. The minimum absolute atomic E-state index is 0.351. The zero-order valence-electron chi connectivity index (χ0n) is 8.41. The van der Waals surface area contributed by atoms with Gasteiger partial charge < -0.3 is 15.0 Å². The Balaban J connectivity index is 2.15. The molecule has 0 unspecified atom stereocenters. The number of imidazole rings is 1. The number of rotatable bonds is 4. The average molecular weight is 197 g/mol. The molecule has 0 aliphatic carbocycles. The molecule has 0 bridgehead atoms. The summed E-state index contributed by atoms with van der Waals surface area (Å²) in [5.41, 5.74) is 0. The van der Waals surface area contributed by atoms with Gasteiger partial charge in [0.15, 0.2) is 0 Å². The van der Waals surface area contributed by atoms with Crippen LogP contribution in [0.25, 0.3) is 0 Å². The van der Waals surface area contributed by atoms with Gasteiger partial charge in [0, 0.05) is 12.4 Å². The summed E-state index contributed by atoms with van der Waals surface area (Å²) in [5.74, 6) is 1.07. The van der Waals surface area contributed by atoms with Crippen molar-refractivity contribution < 1.29 is 9.53 Å². The average Bonchev–Trinajstić information content (AvgIpc) is 2.63. The van der Waals surface area contributed by atoms with Crippen LogP contribution in [0.1, 0.15) is 19.7 Å². The first-order valence-electron chi connectivity index (χ1n) is 4.57. The molecule has 0 saturated carbocycles. The Hall–Kier alpha value is -1.52. The highest BCUT2D eigenvalue weighted by Gasteiger charge is 2.03. The molecule has 0 fully saturated rings. The van der Waals surface area contributed by atoms with E-state index >= 15 is 0 Å². The number of aromatic nitrogens is 2. The van der Waals surface area contributed by atoms with Gasteiger partial charge in [-0.15, -0.1) is 0 Å². The van der Waals surface area contributed by atoms with Crippen LogP contribution in [0.5, 0.6) is 0 Å². The SMILES string of the molecule is CC(C)COC(=O)NCc1ncc[nH]1. The third-order valence-electron chi connectivity index (χ3n) is 1.50. The summed E-state index contributed by atoms with van der Waals surface area (Å²) >= 11 is 0. The fraction of sp³-hybridized carbons (Fsp3) is 0.556. The summed E-state index contributed by atoms with van der Waals surface area (Å²) in [6, 6.07) is 0. The quantitative estimate of drug-likeness (QED) is 0.764. The Morgan fingerprint density at radius 2 is 2.50 bits per heavy atom. The molecule has 78 valence electrons. The number of alkyl carbamates (subject to hydrolysis) is 1. The van der Waals surface area contributed by atoms with Gasteiger partial charge in [-0.25, -0.2) is 9.78 Å². The van der Waals surface area contributed by atoms with Gasteiger partial charge in [-0.05, 0) is 5.92 Å². The monoisotopic (exact) mass is 197 g/mol. The highest BCUT2D eigenvalue weighted by Crippen LogP contribution is 1.93. The second-order valence-corrected chi connectivity index (χ2v) is 3.38. The number of H-pyrrole nitrogens is 1. The fourth-order valence-electron chi connectivity index (χ4n) is 0.844. The molecule has 2 N–H and O–H groups in total. The maximum Gasteiger partial charge on any atom is 0.407 e. The summed E-state index contributed by atoms with van der Waals surface area (Å²) in [5, 5.41) is 2.59. The van der Waals surface area contributed by atoms with Gasteiger partial charge >= 0.3 is 6.09 Å². The predicted octanol–water partition coefficient (Wildman–Crippen LogP) is 1.29. The van der Waals surface area contributed by atoms with Gasteiger partial charge in [0.25, 0.3) is 0 Å². The van der Waals surface area contributed by atoms with Crippen molar-refractivity contribution in [2.75, 3.05) is 6.61 Å². The Morgan fingerprint density at radius 3 is 3.07 bits per heavy atom. The van der Waals surface area contributed by atoms with E-state index in [9.17, 15) is 4.79 Å². The first-order chi connectivity index (χ1) is 6.68. The van der Waals surface area contributed by atoms with E-state index < -0.39 is 6.09 Å². The van der Waals surface area contributed by atoms with E-state index in [1.165, 1.54) is 0 Å². The smallest absolute Gasteiger partial charge is 0.407 e. The Kier molecular flexibility index (Phi) is 3.97. The minimum Gasteiger partial charge on any atom is -0.449 e. The molecule has 0 radical (unpaired) electrons. The summed E-state index contributed by atoms with van der Waals surface area (Å²) in [7, 11) is 0. The van der Waals surface area contributed by atoms with Gasteiger partial charge in [0.05, 0.1) is 13.2 Å². The van der Waals surface area contributed by atoms with Crippen LogP contribution in [0.3, 0.4) is 0 Å². The van der Waals surface area contributed by atoms with E-state index in [1.807, 2.05) is 13.8 Å². The summed E-state index contributed by atoms with van der Waals surface area (Å²) < 4.78 is 4.91. The molecule has 1 rings (SSSR count). The molecule has 0 aliphatic rings. The number of ether oxygens (including phenoxy) is 1. The molecule has 5 heteroatoms. The second kappa shape index (κ2) is 5.26. The number of aromatic amines is 1. The van der Waals surface area contributed by atoms with Gasteiger partial charge in [-0.3, -0.25) is 0 Å². The van der Waals surface area contributed by atoms with Crippen molar-refractivity contribution in [3.8, 4) is 0 Å². The van der Waals surface area contributed by atoms with E-state index in [4.69, 9.17) is 4.74 Å². The van der Waals surface area contributed by atoms with Crippen molar-refractivity contribution in [2.45, 2.75) is 20.4 Å². The zero-order valence-corrected chi connectivity index (χ0v) is 8.41. The van der Waals surface area contributed by atoms with Crippen LogP contribution in [-0.2, 0) is 11.3 Å². The van der Waals surface area contributed by atoms with E-state index in [2.05, 4.69) is 15.3 Å². The van der Waals surface area contributed by atoms with Crippen LogP contribution in [-0.4, -0.2) is 22.7 Å². The molecule has 1 amide bonds. The maximum absolute atomic E-state index is 11.1. The van der Waals surface area contributed by atoms with E-state index in [1.54, 1.807) is 12.4 Å². The van der Waals surface area contributed by atoms with Crippen LogP contribution in [0.2, 0.25) is 0 Å². The normalized spacial score (nSPS) is 10.2. The van der Waals surface area contributed by atoms with Gasteiger partial charge in [0.2, 0.25) is 0 Å². The fourth-order valence-corrected chi connectivity index (χ4v) is 0.844. The number of nitrogens with zero attached hydrogens (tertiary/aromatic N) is 1. The minimum atomic E-state index is -0.407.